The fourth-order valence-electron chi connectivity index (χ4n) is 3.25. The number of hydrogen-bond acceptors (Lipinski definition) is 4. The van der Waals surface area contributed by atoms with Gasteiger partial charge in [-0.15, -0.1) is 0 Å². The first kappa shape index (κ1) is 17.6. The van der Waals surface area contributed by atoms with E-state index >= 15 is 0 Å². The maximum absolute atomic E-state index is 12.7. The zero-order chi connectivity index (χ0) is 17.9. The fraction of sp³-hybridized carbons (Fsp3) is 0.368. The minimum Gasteiger partial charge on any atom is -0.335 e. The molecule has 1 fully saturated rings. The largest absolute Gasteiger partial charge is 0.335 e. The summed E-state index contributed by atoms with van der Waals surface area (Å²) in [6.07, 6.45) is 6.35. The maximum atomic E-state index is 12.7. The molecule has 0 radical (unpaired) electrons. The summed E-state index contributed by atoms with van der Waals surface area (Å²) < 4.78 is 23.5. The Balaban J connectivity index is 1.82. The van der Waals surface area contributed by atoms with Crippen molar-refractivity contribution in [2.75, 3.05) is 18.1 Å². The average molecular weight is 358 g/mol. The van der Waals surface area contributed by atoms with E-state index in [-0.39, 0.29) is 23.5 Å². The van der Waals surface area contributed by atoms with Gasteiger partial charge < -0.3 is 4.90 Å². The lowest BCUT2D eigenvalue weighted by Crippen LogP contribution is -2.40. The number of amides is 1. The van der Waals surface area contributed by atoms with Crippen LogP contribution in [-0.2, 0) is 14.6 Å². The van der Waals surface area contributed by atoms with Crippen LogP contribution in [0.15, 0.2) is 42.6 Å². The molecule has 1 atom stereocenters. The Kier molecular flexibility index (Phi) is 5.18. The zero-order valence-corrected chi connectivity index (χ0v) is 15.1. The second-order valence-electron chi connectivity index (χ2n) is 6.34. The number of benzene rings is 1. The van der Waals surface area contributed by atoms with Gasteiger partial charge in [-0.25, -0.2) is 8.42 Å². The number of fused-ring (bicyclic) bond motifs is 1. The molecule has 2 aromatic rings. The Hall–Kier alpha value is -2.21. The van der Waals surface area contributed by atoms with Crippen molar-refractivity contribution < 1.29 is 13.2 Å². The molecule has 1 aliphatic rings. The normalized spacial score (nSPS) is 19.5. The molecule has 5 nitrogen and oxygen atoms in total. The molecule has 0 bridgehead atoms. The molecule has 0 aliphatic carbocycles. The van der Waals surface area contributed by atoms with Crippen molar-refractivity contribution in [3.05, 3.63) is 48.2 Å². The fourth-order valence-corrected chi connectivity index (χ4v) is 4.98. The van der Waals surface area contributed by atoms with Crippen LogP contribution in [0, 0.1) is 0 Å². The molecule has 0 unspecified atom stereocenters. The van der Waals surface area contributed by atoms with E-state index in [1.165, 1.54) is 6.08 Å². The maximum Gasteiger partial charge on any atom is 0.246 e. The standard InChI is InChI=1S/C19H22N2O3S/c1-2-12-21(17-10-13-25(23,24)14-17)18(22)9-8-16-6-3-5-15-7-4-11-20-19(15)16/h3-9,11,17H,2,10,12-14H2,1H3/b9-8+/t17-/m1/s1. The van der Waals surface area contributed by atoms with Crippen molar-refractivity contribution in [2.45, 2.75) is 25.8 Å². The minimum absolute atomic E-state index is 0.0718. The van der Waals surface area contributed by atoms with Crippen molar-refractivity contribution in [3.63, 3.8) is 0 Å². The van der Waals surface area contributed by atoms with Gasteiger partial charge in [0, 0.05) is 35.8 Å². The summed E-state index contributed by atoms with van der Waals surface area (Å²) in [5.41, 5.74) is 1.72. The van der Waals surface area contributed by atoms with Crippen LogP contribution in [0.3, 0.4) is 0 Å². The molecule has 25 heavy (non-hydrogen) atoms. The minimum atomic E-state index is -3.02. The van der Waals surface area contributed by atoms with Crippen LogP contribution in [-0.4, -0.2) is 48.3 Å². The Morgan fingerprint density at radius 3 is 2.84 bits per heavy atom. The van der Waals surface area contributed by atoms with E-state index in [0.717, 1.165) is 22.9 Å². The van der Waals surface area contributed by atoms with Gasteiger partial charge in [-0.05, 0) is 25.0 Å². The van der Waals surface area contributed by atoms with Gasteiger partial charge in [0.1, 0.15) is 0 Å². The number of para-hydroxylation sites is 1. The highest BCUT2D eigenvalue weighted by molar-refractivity contribution is 7.91. The smallest absolute Gasteiger partial charge is 0.246 e. The van der Waals surface area contributed by atoms with Gasteiger partial charge in [-0.1, -0.05) is 31.2 Å². The number of rotatable bonds is 5. The molecule has 1 amide bonds. The Morgan fingerprint density at radius 2 is 2.12 bits per heavy atom. The van der Waals surface area contributed by atoms with Crippen LogP contribution < -0.4 is 0 Å². The molecule has 1 aliphatic heterocycles. The Labute approximate surface area is 148 Å². The highest BCUT2D eigenvalue weighted by Gasteiger charge is 2.33. The molecule has 0 N–H and O–H groups in total. The van der Waals surface area contributed by atoms with Crippen LogP contribution in [0.4, 0.5) is 0 Å². The van der Waals surface area contributed by atoms with Crippen LogP contribution in [0.5, 0.6) is 0 Å². The summed E-state index contributed by atoms with van der Waals surface area (Å²) in [6.45, 7) is 2.55. The Morgan fingerprint density at radius 1 is 1.32 bits per heavy atom. The quantitative estimate of drug-likeness (QED) is 0.771. The summed E-state index contributed by atoms with van der Waals surface area (Å²) >= 11 is 0. The second-order valence-corrected chi connectivity index (χ2v) is 8.57. The Bertz CT molecular complexity index is 901. The van der Waals surface area contributed by atoms with Gasteiger partial charge in [0.2, 0.25) is 5.91 Å². The molecule has 3 rings (SSSR count). The third kappa shape index (κ3) is 4.07. The summed E-state index contributed by atoms with van der Waals surface area (Å²) in [5, 5.41) is 1.02. The van der Waals surface area contributed by atoms with Gasteiger partial charge in [-0.2, -0.15) is 0 Å². The second kappa shape index (κ2) is 7.35. The number of carbonyl (C=O) groups excluding carboxylic acids is 1. The van der Waals surface area contributed by atoms with Crippen LogP contribution in [0.1, 0.15) is 25.3 Å². The van der Waals surface area contributed by atoms with E-state index in [1.54, 1.807) is 17.2 Å². The first-order chi connectivity index (χ1) is 12.0. The summed E-state index contributed by atoms with van der Waals surface area (Å²) in [7, 11) is -3.02. The highest BCUT2D eigenvalue weighted by atomic mass is 32.2. The lowest BCUT2D eigenvalue weighted by molar-refractivity contribution is -0.127. The van der Waals surface area contributed by atoms with Gasteiger partial charge in [0.05, 0.1) is 17.0 Å². The van der Waals surface area contributed by atoms with E-state index in [0.29, 0.717) is 13.0 Å². The van der Waals surface area contributed by atoms with E-state index in [9.17, 15) is 13.2 Å². The highest BCUT2D eigenvalue weighted by Crippen LogP contribution is 2.20. The lowest BCUT2D eigenvalue weighted by atomic mass is 10.1. The third-order valence-corrected chi connectivity index (χ3v) is 6.22. The molecule has 0 spiro atoms. The number of nitrogens with zero attached hydrogens (tertiary/aromatic N) is 2. The summed E-state index contributed by atoms with van der Waals surface area (Å²) in [5.74, 6) is 0.0988. The van der Waals surface area contributed by atoms with Crippen molar-refractivity contribution in [2.24, 2.45) is 0 Å². The van der Waals surface area contributed by atoms with E-state index < -0.39 is 9.84 Å². The third-order valence-electron chi connectivity index (χ3n) is 4.47. The monoisotopic (exact) mass is 358 g/mol. The number of hydrogen-bond donors (Lipinski definition) is 0. The predicted molar refractivity (Wildman–Crippen MR) is 99.8 cm³/mol. The van der Waals surface area contributed by atoms with E-state index in [1.807, 2.05) is 37.3 Å². The van der Waals surface area contributed by atoms with Crippen molar-refractivity contribution in [1.29, 1.82) is 0 Å². The SMILES string of the molecule is CCCN(C(=O)/C=C/c1cccc2cccnc12)[C@@H]1CCS(=O)(=O)C1. The van der Waals surface area contributed by atoms with Gasteiger partial charge >= 0.3 is 0 Å². The van der Waals surface area contributed by atoms with E-state index in [4.69, 9.17) is 0 Å². The topological polar surface area (TPSA) is 67.3 Å². The predicted octanol–water partition coefficient (Wildman–Crippen LogP) is 2.67. The number of carbonyl (C=O) groups is 1. The molecule has 2 heterocycles. The molecular weight excluding hydrogens is 336 g/mol. The number of pyridine rings is 1. The van der Waals surface area contributed by atoms with Gasteiger partial charge in [0.15, 0.2) is 9.84 Å². The summed E-state index contributed by atoms with van der Waals surface area (Å²) in [6, 6.07) is 9.48. The van der Waals surface area contributed by atoms with E-state index in [2.05, 4.69) is 4.98 Å². The first-order valence-corrected chi connectivity index (χ1v) is 10.3. The molecule has 0 saturated carbocycles. The van der Waals surface area contributed by atoms with Crippen molar-refractivity contribution in [1.82, 2.24) is 9.88 Å². The van der Waals surface area contributed by atoms with Crippen molar-refractivity contribution in [3.8, 4) is 0 Å². The summed E-state index contributed by atoms with van der Waals surface area (Å²) in [4.78, 5) is 18.7. The number of sulfone groups is 1. The molecule has 1 saturated heterocycles. The lowest BCUT2D eigenvalue weighted by Gasteiger charge is -2.26. The molecule has 132 valence electrons. The average Bonchev–Trinajstić information content (AvgIpc) is 2.97. The van der Waals surface area contributed by atoms with Crippen molar-refractivity contribution >= 4 is 32.7 Å². The number of aromatic nitrogens is 1. The van der Waals surface area contributed by atoms with Gasteiger partial charge in [-0.3, -0.25) is 9.78 Å². The first-order valence-electron chi connectivity index (χ1n) is 8.53. The zero-order valence-electron chi connectivity index (χ0n) is 14.3. The molecule has 1 aromatic carbocycles. The molecule has 1 aromatic heterocycles. The molecular formula is C19H22N2O3S. The van der Waals surface area contributed by atoms with Crippen LogP contribution >= 0.6 is 0 Å². The molecule has 6 heteroatoms. The van der Waals surface area contributed by atoms with Crippen LogP contribution in [0.2, 0.25) is 0 Å². The van der Waals surface area contributed by atoms with Gasteiger partial charge in [0.25, 0.3) is 0 Å². The van der Waals surface area contributed by atoms with Crippen LogP contribution in [0.25, 0.3) is 17.0 Å².